The topological polar surface area (TPSA) is 48.2 Å². The molecule has 2 aromatic rings. The molecule has 1 aliphatic rings. The summed E-state index contributed by atoms with van der Waals surface area (Å²) in [6, 6.07) is 6.49. The van der Waals surface area contributed by atoms with E-state index in [0.29, 0.717) is 12.3 Å². The zero-order valence-corrected chi connectivity index (χ0v) is 11.3. The number of ether oxygens (including phenoxy) is 1. The second-order valence-corrected chi connectivity index (χ2v) is 5.22. The first kappa shape index (κ1) is 12.4. The number of hydrogen-bond donors (Lipinski definition) is 0. The van der Waals surface area contributed by atoms with Crippen molar-refractivity contribution < 1.29 is 9.26 Å². The predicted octanol–water partition coefficient (Wildman–Crippen LogP) is 3.13. The SMILES string of the molecule is Cc1cc(C)cc(Cc2noc(C3CCCO3)n2)c1. The Hall–Kier alpha value is -1.68. The zero-order valence-electron chi connectivity index (χ0n) is 11.3. The van der Waals surface area contributed by atoms with E-state index in [1.807, 2.05) is 0 Å². The summed E-state index contributed by atoms with van der Waals surface area (Å²) in [7, 11) is 0. The first-order valence-corrected chi connectivity index (χ1v) is 6.72. The number of benzene rings is 1. The third kappa shape index (κ3) is 2.84. The molecule has 1 fully saturated rings. The summed E-state index contributed by atoms with van der Waals surface area (Å²) in [5, 5.41) is 4.05. The molecule has 0 amide bonds. The quantitative estimate of drug-likeness (QED) is 0.848. The molecule has 0 spiro atoms. The smallest absolute Gasteiger partial charge is 0.255 e. The summed E-state index contributed by atoms with van der Waals surface area (Å²) in [4.78, 5) is 4.44. The lowest BCUT2D eigenvalue weighted by Crippen LogP contribution is -1.97. The first-order valence-electron chi connectivity index (χ1n) is 6.72. The van der Waals surface area contributed by atoms with Gasteiger partial charge >= 0.3 is 0 Å². The number of aryl methyl sites for hydroxylation is 2. The van der Waals surface area contributed by atoms with Crippen molar-refractivity contribution in [3.05, 3.63) is 46.6 Å². The highest BCUT2D eigenvalue weighted by atomic mass is 16.5. The molecule has 1 saturated heterocycles. The Labute approximate surface area is 112 Å². The van der Waals surface area contributed by atoms with E-state index in [4.69, 9.17) is 9.26 Å². The highest BCUT2D eigenvalue weighted by Crippen LogP contribution is 2.27. The number of aromatic nitrogens is 2. The van der Waals surface area contributed by atoms with Crippen LogP contribution in [0.3, 0.4) is 0 Å². The van der Waals surface area contributed by atoms with Gasteiger partial charge in [0, 0.05) is 13.0 Å². The van der Waals surface area contributed by atoms with Gasteiger partial charge in [0.1, 0.15) is 6.10 Å². The summed E-state index contributed by atoms with van der Waals surface area (Å²) >= 11 is 0. The van der Waals surface area contributed by atoms with Crippen LogP contribution in [0.25, 0.3) is 0 Å². The average Bonchev–Trinajstić information content (AvgIpc) is 2.96. The van der Waals surface area contributed by atoms with E-state index in [-0.39, 0.29) is 6.10 Å². The van der Waals surface area contributed by atoms with Gasteiger partial charge in [0.05, 0.1) is 0 Å². The van der Waals surface area contributed by atoms with Crippen molar-refractivity contribution in [3.63, 3.8) is 0 Å². The van der Waals surface area contributed by atoms with Crippen LogP contribution >= 0.6 is 0 Å². The molecule has 1 aliphatic heterocycles. The molecule has 1 atom stereocenters. The van der Waals surface area contributed by atoms with Crippen LogP contribution in [0.5, 0.6) is 0 Å². The second-order valence-electron chi connectivity index (χ2n) is 5.22. The van der Waals surface area contributed by atoms with Crippen molar-refractivity contribution in [3.8, 4) is 0 Å². The van der Waals surface area contributed by atoms with Crippen molar-refractivity contribution in [2.45, 2.75) is 39.2 Å². The van der Waals surface area contributed by atoms with Gasteiger partial charge in [-0.1, -0.05) is 34.5 Å². The van der Waals surface area contributed by atoms with E-state index in [1.165, 1.54) is 16.7 Å². The predicted molar refractivity (Wildman–Crippen MR) is 70.9 cm³/mol. The Bertz CT molecular complexity index is 551. The lowest BCUT2D eigenvalue weighted by atomic mass is 10.1. The van der Waals surface area contributed by atoms with Crippen LogP contribution in [0.1, 0.15) is 47.4 Å². The first-order chi connectivity index (χ1) is 9.20. The summed E-state index contributed by atoms with van der Waals surface area (Å²) in [6.07, 6.45) is 2.75. The van der Waals surface area contributed by atoms with Gasteiger partial charge in [-0.2, -0.15) is 4.98 Å². The Morgan fingerprint density at radius 2 is 2.00 bits per heavy atom. The fourth-order valence-electron chi connectivity index (χ4n) is 2.60. The van der Waals surface area contributed by atoms with Crippen LogP contribution < -0.4 is 0 Å². The summed E-state index contributed by atoms with van der Waals surface area (Å²) in [5.74, 6) is 1.35. The molecular weight excluding hydrogens is 240 g/mol. The maximum absolute atomic E-state index is 5.54. The lowest BCUT2D eigenvalue weighted by molar-refractivity contribution is 0.0835. The molecule has 0 N–H and O–H groups in total. The molecule has 3 rings (SSSR count). The number of hydrogen-bond acceptors (Lipinski definition) is 4. The van der Waals surface area contributed by atoms with Gasteiger partial charge in [0.2, 0.25) is 0 Å². The van der Waals surface area contributed by atoms with Crippen molar-refractivity contribution in [1.82, 2.24) is 10.1 Å². The Kier molecular flexibility index (Phi) is 3.34. The van der Waals surface area contributed by atoms with Gasteiger partial charge in [0.15, 0.2) is 5.82 Å². The minimum absolute atomic E-state index is 0.000459. The number of nitrogens with zero attached hydrogens (tertiary/aromatic N) is 2. The van der Waals surface area contributed by atoms with Crippen molar-refractivity contribution in [2.24, 2.45) is 0 Å². The monoisotopic (exact) mass is 258 g/mol. The highest BCUT2D eigenvalue weighted by Gasteiger charge is 2.23. The van der Waals surface area contributed by atoms with Gasteiger partial charge in [-0.15, -0.1) is 0 Å². The van der Waals surface area contributed by atoms with Crippen molar-refractivity contribution in [2.75, 3.05) is 6.61 Å². The van der Waals surface area contributed by atoms with Crippen LogP contribution in [-0.2, 0) is 11.2 Å². The molecule has 19 heavy (non-hydrogen) atoms. The van der Waals surface area contributed by atoms with Crippen molar-refractivity contribution in [1.29, 1.82) is 0 Å². The van der Waals surface area contributed by atoms with E-state index in [0.717, 1.165) is 25.3 Å². The molecule has 1 aromatic heterocycles. The van der Waals surface area contributed by atoms with Gasteiger partial charge in [0.25, 0.3) is 5.89 Å². The van der Waals surface area contributed by atoms with Gasteiger partial charge < -0.3 is 9.26 Å². The normalized spacial score (nSPS) is 18.9. The molecule has 0 radical (unpaired) electrons. The molecule has 4 heteroatoms. The van der Waals surface area contributed by atoms with E-state index in [1.54, 1.807) is 0 Å². The van der Waals surface area contributed by atoms with Crippen LogP contribution in [0.2, 0.25) is 0 Å². The molecule has 1 aromatic carbocycles. The molecule has 4 nitrogen and oxygen atoms in total. The van der Waals surface area contributed by atoms with Gasteiger partial charge in [-0.3, -0.25) is 0 Å². The Morgan fingerprint density at radius 1 is 1.21 bits per heavy atom. The molecular formula is C15H18N2O2. The van der Waals surface area contributed by atoms with Crippen LogP contribution in [0.15, 0.2) is 22.7 Å². The van der Waals surface area contributed by atoms with E-state index in [9.17, 15) is 0 Å². The minimum atomic E-state index is 0.000459. The largest absolute Gasteiger partial charge is 0.368 e. The maximum atomic E-state index is 5.54. The third-order valence-corrected chi connectivity index (χ3v) is 3.33. The van der Waals surface area contributed by atoms with Crippen molar-refractivity contribution >= 4 is 0 Å². The minimum Gasteiger partial charge on any atom is -0.368 e. The standard InChI is InChI=1S/C15H18N2O2/c1-10-6-11(2)8-12(7-10)9-14-16-15(19-17-14)13-4-3-5-18-13/h6-8,13H,3-5,9H2,1-2H3. The van der Waals surface area contributed by atoms with E-state index < -0.39 is 0 Å². The summed E-state index contributed by atoms with van der Waals surface area (Å²) in [6.45, 7) is 4.99. The Morgan fingerprint density at radius 3 is 2.68 bits per heavy atom. The number of rotatable bonds is 3. The summed E-state index contributed by atoms with van der Waals surface area (Å²) < 4.78 is 10.8. The Balaban J connectivity index is 1.76. The van der Waals surface area contributed by atoms with E-state index in [2.05, 4.69) is 42.2 Å². The summed E-state index contributed by atoms with van der Waals surface area (Å²) in [5.41, 5.74) is 3.74. The van der Waals surface area contributed by atoms with Gasteiger partial charge in [-0.05, 0) is 32.3 Å². The second kappa shape index (κ2) is 5.13. The third-order valence-electron chi connectivity index (χ3n) is 3.33. The fraction of sp³-hybridized carbons (Fsp3) is 0.467. The molecule has 2 heterocycles. The maximum Gasteiger partial charge on any atom is 0.255 e. The van der Waals surface area contributed by atoms with Crippen LogP contribution in [-0.4, -0.2) is 16.7 Å². The molecule has 100 valence electrons. The van der Waals surface area contributed by atoms with E-state index >= 15 is 0 Å². The zero-order chi connectivity index (χ0) is 13.2. The lowest BCUT2D eigenvalue weighted by Gasteiger charge is -2.02. The average molecular weight is 258 g/mol. The molecule has 0 aliphatic carbocycles. The molecule has 0 bridgehead atoms. The van der Waals surface area contributed by atoms with Crippen LogP contribution in [0.4, 0.5) is 0 Å². The van der Waals surface area contributed by atoms with Gasteiger partial charge in [-0.25, -0.2) is 0 Å². The molecule has 0 saturated carbocycles. The fourth-order valence-corrected chi connectivity index (χ4v) is 2.60. The molecule has 1 unspecified atom stereocenters. The highest BCUT2D eigenvalue weighted by molar-refractivity contribution is 5.30. The van der Waals surface area contributed by atoms with Crippen LogP contribution in [0, 0.1) is 13.8 Å².